The van der Waals surface area contributed by atoms with Gasteiger partial charge in [0.25, 0.3) is 0 Å². The van der Waals surface area contributed by atoms with Gasteiger partial charge in [-0.15, -0.1) is 0 Å². The molecule has 2 N–H and O–H groups in total. The molecule has 0 aliphatic rings. The molecule has 0 spiro atoms. The predicted octanol–water partition coefficient (Wildman–Crippen LogP) is 0.330. The van der Waals surface area contributed by atoms with Crippen molar-refractivity contribution in [3.63, 3.8) is 0 Å². The highest BCUT2D eigenvalue weighted by molar-refractivity contribution is 7.26. The van der Waals surface area contributed by atoms with Gasteiger partial charge in [-0.3, -0.25) is 0 Å². The first-order chi connectivity index (χ1) is 6.59. The molecule has 5 nitrogen and oxygen atoms in total. The Hall–Kier alpha value is -1.22. The molecule has 1 atom stereocenters. The van der Waals surface area contributed by atoms with Gasteiger partial charge in [-0.05, 0) is 5.92 Å². The van der Waals surface area contributed by atoms with E-state index in [1.165, 1.54) is 0 Å². The molecule has 0 amide bonds. The van der Waals surface area contributed by atoms with Gasteiger partial charge >= 0.3 is 0 Å². The van der Waals surface area contributed by atoms with E-state index in [-0.39, 0.29) is 5.95 Å². The maximum absolute atomic E-state index is 5.58. The number of hydrogen-bond donors (Lipinski definition) is 1. The van der Waals surface area contributed by atoms with Gasteiger partial charge in [-0.2, -0.15) is 19.6 Å². The Labute approximate surface area is 83.9 Å². The number of aromatic nitrogens is 4. The van der Waals surface area contributed by atoms with Crippen LogP contribution < -0.4 is 11.3 Å². The van der Waals surface area contributed by atoms with Crippen molar-refractivity contribution in [1.29, 1.82) is 0 Å². The van der Waals surface area contributed by atoms with Gasteiger partial charge in [0.2, 0.25) is 5.95 Å². The van der Waals surface area contributed by atoms with E-state index in [9.17, 15) is 0 Å². The molecule has 0 aliphatic heterocycles. The average Bonchev–Trinajstić information content (AvgIpc) is 2.47. The summed E-state index contributed by atoms with van der Waals surface area (Å²) in [5, 5.41) is 4.20. The molecule has 0 saturated heterocycles. The maximum Gasteiger partial charge on any atom is 0.224 e. The van der Waals surface area contributed by atoms with Crippen molar-refractivity contribution in [2.24, 2.45) is 0 Å². The molecular formula is C8H12N5P. The Morgan fingerprint density at radius 3 is 2.79 bits per heavy atom. The third-order valence-corrected chi connectivity index (χ3v) is 2.43. The van der Waals surface area contributed by atoms with Gasteiger partial charge in [0.15, 0.2) is 11.2 Å². The Morgan fingerprint density at radius 1 is 1.43 bits per heavy atom. The highest BCUT2D eigenvalue weighted by Crippen LogP contribution is 2.18. The van der Waals surface area contributed by atoms with Gasteiger partial charge in [-0.25, -0.2) is 0 Å². The smallest absolute Gasteiger partial charge is 0.224 e. The predicted molar refractivity (Wildman–Crippen MR) is 58.6 cm³/mol. The largest absolute Gasteiger partial charge is 0.368 e. The van der Waals surface area contributed by atoms with Gasteiger partial charge in [0.1, 0.15) is 0 Å². The van der Waals surface area contributed by atoms with Gasteiger partial charge in [0, 0.05) is 5.56 Å². The second-order valence-electron chi connectivity index (χ2n) is 3.43. The van der Waals surface area contributed by atoms with Crippen molar-refractivity contribution in [3.05, 3.63) is 11.8 Å². The molecule has 0 bridgehead atoms. The lowest BCUT2D eigenvalue weighted by molar-refractivity contribution is 0.871. The van der Waals surface area contributed by atoms with Crippen LogP contribution in [0.3, 0.4) is 0 Å². The molecule has 2 heterocycles. The Morgan fingerprint density at radius 2 is 2.14 bits per heavy atom. The van der Waals surface area contributed by atoms with Crippen molar-refractivity contribution in [2.75, 3.05) is 5.73 Å². The van der Waals surface area contributed by atoms with E-state index in [4.69, 9.17) is 5.73 Å². The minimum absolute atomic E-state index is 0.282. The van der Waals surface area contributed by atoms with Crippen LogP contribution in [-0.2, 0) is 0 Å². The molecule has 14 heavy (non-hydrogen) atoms. The summed E-state index contributed by atoms with van der Waals surface area (Å²) in [6, 6.07) is 0. The normalized spacial score (nSPS) is 11.4. The number of fused-ring (bicyclic) bond motifs is 1. The minimum Gasteiger partial charge on any atom is -0.368 e. The number of rotatable bonds is 1. The van der Waals surface area contributed by atoms with Crippen LogP contribution in [0.2, 0.25) is 0 Å². The topological polar surface area (TPSA) is 69.1 Å². The Kier molecular flexibility index (Phi) is 2.11. The standard InChI is InChI=1S/C8H12N5P/c1-4(2)5-3-10-13-6(5)11-7(9)12-8(13)14/h3-4H,14H2,1-2H3,(H2,9,11). The van der Waals surface area contributed by atoms with Crippen LogP contribution in [0.25, 0.3) is 5.65 Å². The molecule has 0 saturated carbocycles. The van der Waals surface area contributed by atoms with Crippen molar-refractivity contribution < 1.29 is 0 Å². The van der Waals surface area contributed by atoms with E-state index in [0.717, 1.165) is 11.2 Å². The maximum atomic E-state index is 5.58. The van der Waals surface area contributed by atoms with Crippen molar-refractivity contribution in [2.45, 2.75) is 19.8 Å². The zero-order chi connectivity index (χ0) is 10.3. The number of anilines is 1. The fourth-order valence-corrected chi connectivity index (χ4v) is 1.66. The number of nitrogens with two attached hydrogens (primary N) is 1. The van der Waals surface area contributed by atoms with Gasteiger partial charge < -0.3 is 5.73 Å². The zero-order valence-electron chi connectivity index (χ0n) is 8.10. The van der Waals surface area contributed by atoms with Crippen LogP contribution in [0, 0.1) is 0 Å². The molecule has 74 valence electrons. The molecular weight excluding hydrogens is 197 g/mol. The summed E-state index contributed by atoms with van der Waals surface area (Å²) in [6.07, 6.45) is 1.81. The lowest BCUT2D eigenvalue weighted by Crippen LogP contribution is -2.15. The van der Waals surface area contributed by atoms with E-state index in [0.29, 0.717) is 11.5 Å². The molecule has 0 fully saturated rings. The molecule has 0 aliphatic carbocycles. The van der Waals surface area contributed by atoms with E-state index >= 15 is 0 Å². The van der Waals surface area contributed by atoms with E-state index < -0.39 is 0 Å². The van der Waals surface area contributed by atoms with Crippen LogP contribution in [0.5, 0.6) is 0 Å². The zero-order valence-corrected chi connectivity index (χ0v) is 9.25. The Balaban J connectivity index is 2.78. The van der Waals surface area contributed by atoms with E-state index in [2.05, 4.69) is 38.2 Å². The molecule has 0 aromatic carbocycles. The summed E-state index contributed by atoms with van der Waals surface area (Å²) < 4.78 is 1.68. The van der Waals surface area contributed by atoms with Gasteiger partial charge in [-0.1, -0.05) is 23.1 Å². The van der Waals surface area contributed by atoms with Crippen molar-refractivity contribution in [3.8, 4) is 0 Å². The monoisotopic (exact) mass is 209 g/mol. The number of hydrogen-bond acceptors (Lipinski definition) is 4. The highest BCUT2D eigenvalue weighted by Gasteiger charge is 2.11. The molecule has 6 heteroatoms. The first kappa shape index (κ1) is 9.34. The number of nitrogens with zero attached hydrogens (tertiary/aromatic N) is 4. The van der Waals surface area contributed by atoms with E-state index in [1.54, 1.807) is 4.52 Å². The Bertz CT molecular complexity index is 476. The molecule has 2 rings (SSSR count). The summed E-state index contributed by atoms with van der Waals surface area (Å²) in [7, 11) is 2.49. The quantitative estimate of drug-likeness (QED) is 0.687. The second kappa shape index (κ2) is 3.17. The third-order valence-electron chi connectivity index (χ3n) is 2.06. The van der Waals surface area contributed by atoms with Crippen LogP contribution in [0.1, 0.15) is 25.3 Å². The molecule has 0 radical (unpaired) electrons. The average molecular weight is 209 g/mol. The fraction of sp³-hybridized carbons (Fsp3) is 0.375. The fourth-order valence-electron chi connectivity index (χ4n) is 1.34. The molecule has 2 aromatic rings. The summed E-state index contributed by atoms with van der Waals surface area (Å²) in [5.41, 5.74) is 8.13. The van der Waals surface area contributed by atoms with Crippen LogP contribution in [0.4, 0.5) is 5.95 Å². The van der Waals surface area contributed by atoms with Crippen molar-refractivity contribution in [1.82, 2.24) is 19.6 Å². The summed E-state index contributed by atoms with van der Waals surface area (Å²) in [4.78, 5) is 8.18. The second-order valence-corrected chi connectivity index (χ2v) is 3.95. The highest BCUT2D eigenvalue weighted by atomic mass is 31.0. The first-order valence-electron chi connectivity index (χ1n) is 4.36. The third kappa shape index (κ3) is 1.34. The van der Waals surface area contributed by atoms with Crippen LogP contribution in [0.15, 0.2) is 6.20 Å². The first-order valence-corrected chi connectivity index (χ1v) is 4.94. The van der Waals surface area contributed by atoms with Gasteiger partial charge in [0.05, 0.1) is 6.20 Å². The number of nitrogen functional groups attached to an aromatic ring is 1. The summed E-state index contributed by atoms with van der Waals surface area (Å²) >= 11 is 0. The summed E-state index contributed by atoms with van der Waals surface area (Å²) in [5.74, 6) is 0.663. The lowest BCUT2D eigenvalue weighted by Gasteiger charge is -2.02. The molecule has 2 aromatic heterocycles. The summed E-state index contributed by atoms with van der Waals surface area (Å²) in [6.45, 7) is 4.19. The lowest BCUT2D eigenvalue weighted by atomic mass is 10.1. The van der Waals surface area contributed by atoms with E-state index in [1.807, 2.05) is 6.20 Å². The van der Waals surface area contributed by atoms with Crippen LogP contribution in [-0.4, -0.2) is 19.6 Å². The van der Waals surface area contributed by atoms with Crippen LogP contribution >= 0.6 is 9.24 Å². The minimum atomic E-state index is 0.282. The molecule has 1 unspecified atom stereocenters. The van der Waals surface area contributed by atoms with Crippen molar-refractivity contribution >= 4 is 26.4 Å². The SMILES string of the molecule is CC(C)c1cnn2c(P)nc(N)nc12.